The highest BCUT2D eigenvalue weighted by molar-refractivity contribution is 7.20. The van der Waals surface area contributed by atoms with E-state index in [-0.39, 0.29) is 11.9 Å². The topological polar surface area (TPSA) is 59.2 Å². The molecule has 3 aromatic heterocycles. The van der Waals surface area contributed by atoms with Gasteiger partial charge in [0, 0.05) is 17.1 Å². The molecule has 4 heterocycles. The lowest BCUT2D eigenvalue weighted by molar-refractivity contribution is 0.0985. The van der Waals surface area contributed by atoms with E-state index >= 15 is 0 Å². The van der Waals surface area contributed by atoms with Gasteiger partial charge in [0.1, 0.15) is 4.83 Å². The second kappa shape index (κ2) is 6.27. The zero-order valence-electron chi connectivity index (χ0n) is 15.9. The molecule has 0 saturated carbocycles. The summed E-state index contributed by atoms with van der Waals surface area (Å²) in [5, 5.41) is 0.962. The second-order valence-corrected chi connectivity index (χ2v) is 8.20. The summed E-state index contributed by atoms with van der Waals surface area (Å²) in [5.74, 6) is 1.22. The van der Waals surface area contributed by atoms with Gasteiger partial charge >= 0.3 is 0 Å². The van der Waals surface area contributed by atoms with E-state index in [2.05, 4.69) is 23.0 Å². The van der Waals surface area contributed by atoms with Gasteiger partial charge in [-0.3, -0.25) is 4.79 Å². The Morgan fingerprint density at radius 3 is 2.79 bits per heavy atom. The Balaban J connectivity index is 1.63. The van der Waals surface area contributed by atoms with Crippen LogP contribution in [-0.4, -0.2) is 21.9 Å². The molecule has 0 spiro atoms. The third kappa shape index (κ3) is 2.48. The van der Waals surface area contributed by atoms with Gasteiger partial charge < -0.3 is 9.32 Å². The van der Waals surface area contributed by atoms with Crippen LogP contribution in [0.5, 0.6) is 0 Å². The van der Waals surface area contributed by atoms with Crippen LogP contribution in [0.4, 0.5) is 5.69 Å². The molecular formula is C22H19N3O2S. The second-order valence-electron chi connectivity index (χ2n) is 7.20. The molecule has 1 amide bonds. The van der Waals surface area contributed by atoms with Crippen LogP contribution in [0.1, 0.15) is 33.4 Å². The molecule has 1 unspecified atom stereocenters. The highest BCUT2D eigenvalue weighted by Gasteiger charge is 2.33. The molecule has 1 aliphatic rings. The van der Waals surface area contributed by atoms with E-state index < -0.39 is 0 Å². The zero-order valence-corrected chi connectivity index (χ0v) is 16.7. The maximum atomic E-state index is 13.5. The number of amides is 1. The molecular weight excluding hydrogens is 370 g/mol. The predicted molar refractivity (Wildman–Crippen MR) is 111 cm³/mol. The van der Waals surface area contributed by atoms with Crippen LogP contribution in [0.15, 0.2) is 47.1 Å². The monoisotopic (exact) mass is 389 g/mol. The van der Waals surface area contributed by atoms with Crippen molar-refractivity contribution in [2.75, 3.05) is 4.90 Å². The number of benzene rings is 1. The first-order chi connectivity index (χ1) is 13.5. The molecule has 1 aliphatic heterocycles. The van der Waals surface area contributed by atoms with Gasteiger partial charge in [0.15, 0.2) is 11.6 Å². The summed E-state index contributed by atoms with van der Waals surface area (Å²) < 4.78 is 5.45. The van der Waals surface area contributed by atoms with Crippen LogP contribution < -0.4 is 4.90 Å². The van der Waals surface area contributed by atoms with Gasteiger partial charge in [0.05, 0.1) is 16.8 Å². The summed E-state index contributed by atoms with van der Waals surface area (Å²) >= 11 is 1.44. The van der Waals surface area contributed by atoms with Gasteiger partial charge in [-0.15, -0.1) is 11.3 Å². The Morgan fingerprint density at radius 2 is 2.00 bits per heavy atom. The van der Waals surface area contributed by atoms with Crippen LogP contribution >= 0.6 is 11.3 Å². The first-order valence-electron chi connectivity index (χ1n) is 9.27. The molecule has 0 fully saturated rings. The number of thiophene rings is 1. The number of nitrogens with zero attached hydrogens (tertiary/aromatic N) is 3. The van der Waals surface area contributed by atoms with Gasteiger partial charge in [-0.2, -0.15) is 0 Å². The quantitative estimate of drug-likeness (QED) is 0.475. The maximum Gasteiger partial charge on any atom is 0.268 e. The molecule has 0 saturated heterocycles. The Kier molecular flexibility index (Phi) is 3.84. The lowest BCUT2D eigenvalue weighted by Gasteiger charge is -2.22. The number of fused-ring (bicyclic) bond motifs is 2. The summed E-state index contributed by atoms with van der Waals surface area (Å²) in [6.45, 7) is 6.04. The summed E-state index contributed by atoms with van der Waals surface area (Å²) in [6.07, 6.45) is 2.49. The minimum absolute atomic E-state index is 0.0388. The third-order valence-electron chi connectivity index (χ3n) is 5.33. The summed E-state index contributed by atoms with van der Waals surface area (Å²) in [6, 6.07) is 11.9. The molecule has 28 heavy (non-hydrogen) atoms. The van der Waals surface area contributed by atoms with Crippen molar-refractivity contribution in [2.45, 2.75) is 33.2 Å². The average Bonchev–Trinajstić information content (AvgIpc) is 3.38. The molecule has 0 aliphatic carbocycles. The number of rotatable bonds is 2. The van der Waals surface area contributed by atoms with Crippen molar-refractivity contribution in [2.24, 2.45) is 0 Å². The Bertz CT molecular complexity index is 1210. The molecule has 1 aromatic carbocycles. The molecule has 5 rings (SSSR count). The van der Waals surface area contributed by atoms with Crippen LogP contribution in [0.3, 0.4) is 0 Å². The van der Waals surface area contributed by atoms with Crippen LogP contribution in [0.2, 0.25) is 0 Å². The lowest BCUT2D eigenvalue weighted by atomic mass is 10.1. The van der Waals surface area contributed by atoms with E-state index in [9.17, 15) is 4.79 Å². The van der Waals surface area contributed by atoms with Gasteiger partial charge in [-0.05, 0) is 56.5 Å². The normalized spacial score (nSPS) is 16.0. The third-order valence-corrected chi connectivity index (χ3v) is 6.51. The summed E-state index contributed by atoms with van der Waals surface area (Å²) in [7, 11) is 0. The molecule has 4 aromatic rings. The predicted octanol–water partition coefficient (Wildman–Crippen LogP) is 5.16. The number of hydrogen-bond donors (Lipinski definition) is 0. The fourth-order valence-electron chi connectivity index (χ4n) is 4.04. The van der Waals surface area contributed by atoms with E-state index in [0.29, 0.717) is 11.6 Å². The largest absolute Gasteiger partial charge is 0.461 e. The van der Waals surface area contributed by atoms with E-state index in [4.69, 9.17) is 4.42 Å². The molecule has 5 nitrogen and oxygen atoms in total. The summed E-state index contributed by atoms with van der Waals surface area (Å²) in [5.41, 5.74) is 4.04. The first kappa shape index (κ1) is 17.1. The number of carbonyl (C=O) groups excluding carboxylic acids is 1. The number of carbonyl (C=O) groups is 1. The standard InChI is InChI=1S/C22H19N3O2S/c1-12-11-15-7-4-5-8-16(15)25(12)22(26)19-13(2)18-14(3)23-20(24-21(18)28-19)17-9-6-10-27-17/h4-10,12H,11H2,1-3H3. The summed E-state index contributed by atoms with van der Waals surface area (Å²) in [4.78, 5) is 26.3. The number of anilines is 1. The van der Waals surface area contributed by atoms with Crippen molar-refractivity contribution in [3.05, 3.63) is 64.4 Å². The lowest BCUT2D eigenvalue weighted by Crippen LogP contribution is -2.35. The molecule has 140 valence electrons. The Labute approximate surface area is 166 Å². The van der Waals surface area contributed by atoms with Crippen molar-refractivity contribution in [1.29, 1.82) is 0 Å². The molecule has 1 atom stereocenters. The van der Waals surface area contributed by atoms with Gasteiger partial charge in [-0.25, -0.2) is 9.97 Å². The fraction of sp³-hybridized carbons (Fsp3) is 0.227. The fourth-order valence-corrected chi connectivity index (χ4v) is 5.21. The van der Waals surface area contributed by atoms with Crippen molar-refractivity contribution in [3.63, 3.8) is 0 Å². The molecule has 0 N–H and O–H groups in total. The van der Waals surface area contributed by atoms with Crippen molar-refractivity contribution in [1.82, 2.24) is 9.97 Å². The maximum absolute atomic E-state index is 13.5. The van der Waals surface area contributed by atoms with E-state index in [1.807, 2.05) is 49.1 Å². The van der Waals surface area contributed by atoms with E-state index in [1.165, 1.54) is 16.9 Å². The minimum Gasteiger partial charge on any atom is -0.461 e. The number of hydrogen-bond acceptors (Lipinski definition) is 5. The highest BCUT2D eigenvalue weighted by atomic mass is 32.1. The van der Waals surface area contributed by atoms with Crippen molar-refractivity contribution in [3.8, 4) is 11.6 Å². The minimum atomic E-state index is 0.0388. The Morgan fingerprint density at radius 1 is 1.18 bits per heavy atom. The van der Waals surface area contributed by atoms with Crippen molar-refractivity contribution < 1.29 is 9.21 Å². The SMILES string of the molecule is Cc1nc(-c2ccco2)nc2sc(C(=O)N3c4ccccc4CC3C)c(C)c12. The van der Waals surface area contributed by atoms with Crippen LogP contribution in [-0.2, 0) is 6.42 Å². The first-order valence-corrected chi connectivity index (χ1v) is 10.1. The Hall–Kier alpha value is -2.99. The van der Waals surface area contributed by atoms with E-state index in [0.717, 1.165) is 38.5 Å². The highest BCUT2D eigenvalue weighted by Crippen LogP contribution is 2.38. The van der Waals surface area contributed by atoms with E-state index in [1.54, 1.807) is 6.26 Å². The zero-order chi connectivity index (χ0) is 19.4. The molecule has 6 heteroatoms. The van der Waals surface area contributed by atoms with Gasteiger partial charge in [-0.1, -0.05) is 18.2 Å². The average molecular weight is 389 g/mol. The number of aryl methyl sites for hydroxylation is 2. The molecule has 0 bridgehead atoms. The smallest absolute Gasteiger partial charge is 0.268 e. The number of aromatic nitrogens is 2. The van der Waals surface area contributed by atoms with Gasteiger partial charge in [0.25, 0.3) is 5.91 Å². The number of furan rings is 1. The van der Waals surface area contributed by atoms with Gasteiger partial charge in [0.2, 0.25) is 0 Å². The molecule has 0 radical (unpaired) electrons. The number of para-hydroxylation sites is 1. The van der Waals surface area contributed by atoms with Crippen LogP contribution in [0, 0.1) is 13.8 Å². The van der Waals surface area contributed by atoms with Crippen molar-refractivity contribution >= 4 is 33.1 Å². The van der Waals surface area contributed by atoms with Crippen LogP contribution in [0.25, 0.3) is 21.8 Å².